The number of nitrogens with one attached hydrogen (secondary N) is 1. The van der Waals surface area contributed by atoms with E-state index in [-0.39, 0.29) is 24.2 Å². The smallest absolute Gasteiger partial charge is 0.306 e. The van der Waals surface area contributed by atoms with E-state index in [1.807, 2.05) is 26.0 Å². The minimum Gasteiger partial charge on any atom is -0.456 e. The van der Waals surface area contributed by atoms with E-state index >= 15 is 0 Å². The molecule has 0 saturated heterocycles. The number of esters is 1. The van der Waals surface area contributed by atoms with Gasteiger partial charge in [-0.25, -0.2) is 0 Å². The topological polar surface area (TPSA) is 116 Å². The second kappa shape index (κ2) is 9.09. The summed E-state index contributed by atoms with van der Waals surface area (Å²) >= 11 is 1.14. The van der Waals surface area contributed by atoms with Crippen molar-refractivity contribution in [1.82, 2.24) is 0 Å². The second-order valence-corrected chi connectivity index (χ2v) is 6.89. The molecule has 8 heteroatoms. The Morgan fingerprint density at radius 3 is 2.52 bits per heavy atom. The van der Waals surface area contributed by atoms with Crippen LogP contribution in [0, 0.1) is 13.8 Å². The van der Waals surface area contributed by atoms with Crippen LogP contribution in [0.15, 0.2) is 29.6 Å². The number of benzene rings is 1. The number of nitrogens with two attached hydrogens (primary N) is 1. The number of aryl methyl sites for hydroxylation is 2. The molecule has 7 nitrogen and oxygen atoms in total. The van der Waals surface area contributed by atoms with Gasteiger partial charge in [0.25, 0.3) is 11.8 Å². The molecule has 0 bridgehead atoms. The van der Waals surface area contributed by atoms with E-state index < -0.39 is 24.4 Å². The predicted octanol–water partition coefficient (Wildman–Crippen LogP) is 2.61. The van der Waals surface area contributed by atoms with Crippen LogP contribution in [0.2, 0.25) is 0 Å². The molecule has 2 amide bonds. The first kappa shape index (κ1) is 20.3. The Morgan fingerprint density at radius 1 is 1.07 bits per heavy atom. The maximum absolute atomic E-state index is 12.2. The summed E-state index contributed by atoms with van der Waals surface area (Å²) in [5.41, 5.74) is 7.78. The SMILES string of the molecule is Cc1ccc(C)c(C(=O)CCC(=O)OCC(=O)Nc2sccc2C(N)=O)c1. The van der Waals surface area contributed by atoms with Crippen LogP contribution in [0.4, 0.5) is 5.00 Å². The predicted molar refractivity (Wildman–Crippen MR) is 102 cm³/mol. The third-order valence-electron chi connectivity index (χ3n) is 3.80. The maximum atomic E-state index is 12.2. The van der Waals surface area contributed by atoms with E-state index in [0.717, 1.165) is 22.5 Å². The molecule has 27 heavy (non-hydrogen) atoms. The number of Topliss-reactive ketones (excluding diaryl/α,β-unsaturated/α-hetero) is 1. The highest BCUT2D eigenvalue weighted by molar-refractivity contribution is 7.14. The lowest BCUT2D eigenvalue weighted by molar-refractivity contribution is -0.147. The number of ketones is 1. The van der Waals surface area contributed by atoms with Gasteiger partial charge in [0.1, 0.15) is 5.00 Å². The van der Waals surface area contributed by atoms with Crippen LogP contribution in [0.25, 0.3) is 0 Å². The van der Waals surface area contributed by atoms with Crippen molar-refractivity contribution in [2.75, 3.05) is 11.9 Å². The summed E-state index contributed by atoms with van der Waals surface area (Å²) in [5, 5.41) is 4.38. The molecule has 0 atom stereocenters. The number of carbonyl (C=O) groups is 4. The van der Waals surface area contributed by atoms with E-state index in [1.165, 1.54) is 6.07 Å². The van der Waals surface area contributed by atoms with Gasteiger partial charge in [0, 0.05) is 12.0 Å². The van der Waals surface area contributed by atoms with Crippen LogP contribution in [0.5, 0.6) is 0 Å². The molecule has 0 radical (unpaired) electrons. The molecule has 142 valence electrons. The van der Waals surface area contributed by atoms with Gasteiger partial charge < -0.3 is 15.8 Å². The average Bonchev–Trinajstić information content (AvgIpc) is 3.08. The minimum atomic E-state index is -0.659. The molecular weight excluding hydrogens is 368 g/mol. The molecule has 1 aromatic heterocycles. The van der Waals surface area contributed by atoms with E-state index in [1.54, 1.807) is 11.4 Å². The highest BCUT2D eigenvalue weighted by Gasteiger charge is 2.16. The number of thiophene rings is 1. The van der Waals surface area contributed by atoms with Crippen LogP contribution in [0.1, 0.15) is 44.7 Å². The number of ether oxygens (including phenoxy) is 1. The fraction of sp³-hybridized carbons (Fsp3) is 0.263. The Balaban J connectivity index is 1.79. The lowest BCUT2D eigenvalue weighted by Crippen LogP contribution is -2.22. The van der Waals surface area contributed by atoms with Crippen molar-refractivity contribution in [2.45, 2.75) is 26.7 Å². The molecule has 3 N–H and O–H groups in total. The Bertz CT molecular complexity index is 888. The van der Waals surface area contributed by atoms with Gasteiger partial charge >= 0.3 is 5.97 Å². The molecule has 1 aromatic carbocycles. The molecule has 0 aliphatic carbocycles. The van der Waals surface area contributed by atoms with Gasteiger partial charge in [-0.1, -0.05) is 17.7 Å². The molecule has 2 rings (SSSR count). The first-order valence-corrected chi connectivity index (χ1v) is 9.09. The Hall–Kier alpha value is -3.00. The third kappa shape index (κ3) is 5.75. The van der Waals surface area contributed by atoms with Gasteiger partial charge in [-0.2, -0.15) is 0 Å². The number of primary amides is 1. The van der Waals surface area contributed by atoms with E-state index in [0.29, 0.717) is 10.6 Å². The molecular formula is C19H20N2O5S. The lowest BCUT2D eigenvalue weighted by Gasteiger charge is -2.07. The van der Waals surface area contributed by atoms with E-state index in [2.05, 4.69) is 5.32 Å². The summed E-state index contributed by atoms with van der Waals surface area (Å²) in [4.78, 5) is 47.1. The number of rotatable bonds is 8. The summed E-state index contributed by atoms with van der Waals surface area (Å²) < 4.78 is 4.88. The summed E-state index contributed by atoms with van der Waals surface area (Å²) in [7, 11) is 0. The maximum Gasteiger partial charge on any atom is 0.306 e. The fourth-order valence-electron chi connectivity index (χ4n) is 2.37. The van der Waals surface area contributed by atoms with Crippen LogP contribution in [0.3, 0.4) is 0 Å². The summed E-state index contributed by atoms with van der Waals surface area (Å²) in [6, 6.07) is 7.05. The molecule has 0 fully saturated rings. The van der Waals surface area contributed by atoms with Crippen molar-refractivity contribution in [3.05, 3.63) is 51.9 Å². The van der Waals surface area contributed by atoms with E-state index in [9.17, 15) is 19.2 Å². The van der Waals surface area contributed by atoms with Gasteiger partial charge in [-0.05, 0) is 36.9 Å². The third-order valence-corrected chi connectivity index (χ3v) is 4.63. The largest absolute Gasteiger partial charge is 0.456 e. The van der Waals surface area contributed by atoms with Gasteiger partial charge in [0.05, 0.1) is 12.0 Å². The zero-order valence-electron chi connectivity index (χ0n) is 15.0. The molecule has 0 saturated carbocycles. The first-order chi connectivity index (χ1) is 12.8. The Kier molecular flexibility index (Phi) is 6.84. The van der Waals surface area contributed by atoms with E-state index in [4.69, 9.17) is 10.5 Å². The number of anilines is 1. The van der Waals surface area contributed by atoms with Crippen molar-refractivity contribution in [1.29, 1.82) is 0 Å². The monoisotopic (exact) mass is 388 g/mol. The van der Waals surface area contributed by atoms with Gasteiger partial charge in [-0.15, -0.1) is 11.3 Å². The van der Waals surface area contributed by atoms with Crippen LogP contribution in [-0.2, 0) is 14.3 Å². The Labute approximate surface area is 160 Å². The molecule has 0 spiro atoms. The summed E-state index contributed by atoms with van der Waals surface area (Å²) in [6.45, 7) is 3.22. The minimum absolute atomic E-state index is 0.00148. The van der Waals surface area contributed by atoms with Crippen LogP contribution >= 0.6 is 11.3 Å². The van der Waals surface area contributed by atoms with Crippen molar-refractivity contribution >= 4 is 39.9 Å². The fourth-order valence-corrected chi connectivity index (χ4v) is 3.18. The normalized spacial score (nSPS) is 10.3. The van der Waals surface area contributed by atoms with Crippen LogP contribution in [-0.4, -0.2) is 30.2 Å². The molecule has 0 aliphatic heterocycles. The summed E-state index contributed by atoms with van der Waals surface area (Å²) in [5.74, 6) is -2.05. The average molecular weight is 388 g/mol. The number of hydrogen-bond donors (Lipinski definition) is 2. The van der Waals surface area contributed by atoms with Crippen LogP contribution < -0.4 is 11.1 Å². The highest BCUT2D eigenvalue weighted by atomic mass is 32.1. The van der Waals surface area contributed by atoms with Crippen molar-refractivity contribution in [2.24, 2.45) is 5.73 Å². The Morgan fingerprint density at radius 2 is 1.81 bits per heavy atom. The highest BCUT2D eigenvalue weighted by Crippen LogP contribution is 2.22. The second-order valence-electron chi connectivity index (χ2n) is 5.98. The molecule has 0 aliphatic rings. The zero-order chi connectivity index (χ0) is 20.0. The quantitative estimate of drug-likeness (QED) is 0.533. The number of amides is 2. The first-order valence-electron chi connectivity index (χ1n) is 8.21. The molecule has 1 heterocycles. The van der Waals surface area contributed by atoms with Gasteiger partial charge in [0.15, 0.2) is 12.4 Å². The lowest BCUT2D eigenvalue weighted by atomic mass is 9.99. The zero-order valence-corrected chi connectivity index (χ0v) is 15.9. The number of carbonyl (C=O) groups excluding carboxylic acids is 4. The molecule has 2 aromatic rings. The molecule has 0 unspecified atom stereocenters. The van der Waals surface area contributed by atoms with Gasteiger partial charge in [0.2, 0.25) is 0 Å². The van der Waals surface area contributed by atoms with Crippen molar-refractivity contribution < 1.29 is 23.9 Å². The number of hydrogen-bond acceptors (Lipinski definition) is 6. The summed E-state index contributed by atoms with van der Waals surface area (Å²) in [6.07, 6.45) is -0.119. The standard InChI is InChI=1S/C19H20N2O5S/c1-11-3-4-12(2)14(9-11)15(22)5-6-17(24)26-10-16(23)21-19-13(18(20)25)7-8-27-19/h3-4,7-9H,5-6,10H2,1-2H3,(H2,20,25)(H,21,23). The van der Waals surface area contributed by atoms with Gasteiger partial charge in [-0.3, -0.25) is 19.2 Å². The van der Waals surface area contributed by atoms with Crippen molar-refractivity contribution in [3.63, 3.8) is 0 Å². The van der Waals surface area contributed by atoms with Crippen molar-refractivity contribution in [3.8, 4) is 0 Å².